The van der Waals surface area contributed by atoms with Crippen LogP contribution in [-0.2, 0) is 9.53 Å². The average Bonchev–Trinajstić information content (AvgIpc) is 2.10. The minimum atomic E-state index is -0.688. The van der Waals surface area contributed by atoms with Crippen LogP contribution in [0.15, 0.2) is 11.8 Å². The van der Waals surface area contributed by atoms with E-state index in [1.165, 1.54) is 13.2 Å². The van der Waals surface area contributed by atoms with Crippen molar-refractivity contribution in [3.8, 4) is 23.7 Å². The number of rotatable bonds is 2. The second-order valence-electron chi connectivity index (χ2n) is 1.81. The highest BCUT2D eigenvalue weighted by molar-refractivity contribution is 5.90. The van der Waals surface area contributed by atoms with Gasteiger partial charge in [0.15, 0.2) is 5.76 Å². The van der Waals surface area contributed by atoms with Gasteiger partial charge in [-0.05, 0) is 11.8 Å². The Morgan fingerprint density at radius 1 is 1.62 bits per heavy atom. The Balaban J connectivity index is 4.35. The lowest BCUT2D eigenvalue weighted by Gasteiger charge is -1.95. The first-order valence-corrected chi connectivity index (χ1v) is 3.35. The van der Waals surface area contributed by atoms with E-state index in [9.17, 15) is 4.79 Å². The van der Waals surface area contributed by atoms with Crippen LogP contribution in [0.25, 0.3) is 0 Å². The Labute approximate surface area is 76.4 Å². The summed E-state index contributed by atoms with van der Waals surface area (Å²) in [5, 5.41) is 8.25. The van der Waals surface area contributed by atoms with Crippen LogP contribution in [-0.4, -0.2) is 24.7 Å². The summed E-state index contributed by atoms with van der Waals surface area (Å²) < 4.78 is 4.60. The SMILES string of the molecule is CO/C(=C/C#CC#CCO)C(N)=O. The Bertz CT molecular complexity index is 322. The van der Waals surface area contributed by atoms with Gasteiger partial charge >= 0.3 is 0 Å². The highest BCUT2D eigenvalue weighted by Crippen LogP contribution is 1.90. The van der Waals surface area contributed by atoms with E-state index in [4.69, 9.17) is 10.8 Å². The van der Waals surface area contributed by atoms with Crippen LogP contribution in [0.1, 0.15) is 0 Å². The van der Waals surface area contributed by atoms with Crippen LogP contribution in [0.2, 0.25) is 0 Å². The maximum Gasteiger partial charge on any atom is 0.284 e. The molecule has 0 aromatic rings. The quantitative estimate of drug-likeness (QED) is 0.324. The molecule has 68 valence electrons. The molecule has 0 bridgehead atoms. The van der Waals surface area contributed by atoms with Crippen LogP contribution in [0.4, 0.5) is 0 Å². The highest BCUT2D eigenvalue weighted by atomic mass is 16.5. The second-order valence-corrected chi connectivity index (χ2v) is 1.81. The molecular weight excluding hydrogens is 170 g/mol. The van der Waals surface area contributed by atoms with Crippen molar-refractivity contribution in [2.45, 2.75) is 0 Å². The van der Waals surface area contributed by atoms with Crippen molar-refractivity contribution < 1.29 is 14.6 Å². The number of carbonyl (C=O) groups is 1. The Morgan fingerprint density at radius 2 is 2.31 bits per heavy atom. The van der Waals surface area contributed by atoms with Crippen molar-refractivity contribution in [3.05, 3.63) is 11.8 Å². The molecule has 4 nitrogen and oxygen atoms in total. The van der Waals surface area contributed by atoms with Gasteiger partial charge in [-0.15, -0.1) is 0 Å². The average molecular weight is 179 g/mol. The normalized spacial score (nSPS) is 8.92. The molecule has 0 heterocycles. The fourth-order valence-corrected chi connectivity index (χ4v) is 0.452. The molecule has 0 aliphatic carbocycles. The lowest BCUT2D eigenvalue weighted by atomic mass is 10.4. The molecular formula is C9H9NO3. The lowest BCUT2D eigenvalue weighted by Crippen LogP contribution is -2.14. The first kappa shape index (κ1) is 11.1. The summed E-state index contributed by atoms with van der Waals surface area (Å²) in [6.07, 6.45) is 1.22. The first-order valence-electron chi connectivity index (χ1n) is 3.35. The van der Waals surface area contributed by atoms with Gasteiger partial charge in [0.1, 0.15) is 6.61 Å². The molecule has 0 spiro atoms. The fraction of sp³-hybridized carbons (Fsp3) is 0.222. The molecule has 0 radical (unpaired) electrons. The Morgan fingerprint density at radius 3 is 2.77 bits per heavy atom. The van der Waals surface area contributed by atoms with E-state index in [2.05, 4.69) is 28.4 Å². The molecule has 0 saturated carbocycles. The molecule has 4 heteroatoms. The van der Waals surface area contributed by atoms with E-state index in [0.29, 0.717) is 0 Å². The maximum atomic E-state index is 10.5. The molecule has 0 aliphatic rings. The fourth-order valence-electron chi connectivity index (χ4n) is 0.452. The van der Waals surface area contributed by atoms with E-state index in [-0.39, 0.29) is 12.4 Å². The number of primary amides is 1. The molecule has 0 unspecified atom stereocenters. The number of aliphatic hydroxyl groups is 1. The van der Waals surface area contributed by atoms with Crippen LogP contribution < -0.4 is 5.73 Å². The zero-order chi connectivity index (χ0) is 10.1. The summed E-state index contributed by atoms with van der Waals surface area (Å²) in [7, 11) is 1.32. The van der Waals surface area contributed by atoms with E-state index < -0.39 is 5.91 Å². The van der Waals surface area contributed by atoms with Gasteiger partial charge in [-0.2, -0.15) is 0 Å². The van der Waals surface area contributed by atoms with E-state index in [1.54, 1.807) is 0 Å². The summed E-state index contributed by atoms with van der Waals surface area (Å²) in [4.78, 5) is 10.5. The number of allylic oxidation sites excluding steroid dienone is 1. The third kappa shape index (κ3) is 5.37. The van der Waals surface area contributed by atoms with Gasteiger partial charge in [-0.3, -0.25) is 4.79 Å². The Kier molecular flexibility index (Phi) is 5.78. The van der Waals surface area contributed by atoms with Crippen molar-refractivity contribution >= 4 is 5.91 Å². The molecule has 0 saturated heterocycles. The van der Waals surface area contributed by atoms with Crippen molar-refractivity contribution in [1.82, 2.24) is 0 Å². The minimum absolute atomic E-state index is 0.0294. The lowest BCUT2D eigenvalue weighted by molar-refractivity contribution is -0.117. The van der Waals surface area contributed by atoms with Gasteiger partial charge in [-0.25, -0.2) is 0 Å². The third-order valence-corrected chi connectivity index (χ3v) is 0.968. The molecule has 0 aromatic carbocycles. The van der Waals surface area contributed by atoms with Crippen LogP contribution in [0.5, 0.6) is 0 Å². The highest BCUT2D eigenvalue weighted by Gasteiger charge is 2.00. The number of methoxy groups -OCH3 is 1. The predicted octanol–water partition coefficient (Wildman–Crippen LogP) is -0.999. The molecule has 0 aromatic heterocycles. The van der Waals surface area contributed by atoms with E-state index in [1.807, 2.05) is 0 Å². The van der Waals surface area contributed by atoms with Crippen LogP contribution in [0.3, 0.4) is 0 Å². The van der Waals surface area contributed by atoms with E-state index >= 15 is 0 Å². The van der Waals surface area contributed by atoms with Gasteiger partial charge in [0, 0.05) is 6.08 Å². The summed E-state index contributed by atoms with van der Waals surface area (Å²) in [6, 6.07) is 0. The number of carbonyl (C=O) groups excluding carboxylic acids is 1. The molecule has 1 amide bonds. The number of aliphatic hydroxyl groups excluding tert-OH is 1. The number of amides is 1. The standard InChI is InChI=1S/C9H9NO3/c1-13-8(9(10)12)6-4-2-3-5-7-11/h6,11H,7H2,1H3,(H2,10,12)/b8-6+. The third-order valence-electron chi connectivity index (χ3n) is 0.968. The molecule has 13 heavy (non-hydrogen) atoms. The second kappa shape index (κ2) is 6.78. The van der Waals surface area contributed by atoms with E-state index in [0.717, 1.165) is 0 Å². The largest absolute Gasteiger partial charge is 0.491 e. The Hall–Kier alpha value is -1.91. The maximum absolute atomic E-state index is 10.5. The number of hydrogen-bond donors (Lipinski definition) is 2. The minimum Gasteiger partial charge on any atom is -0.491 e. The number of nitrogens with two attached hydrogens (primary N) is 1. The topological polar surface area (TPSA) is 72.6 Å². The molecule has 0 rings (SSSR count). The molecule has 3 N–H and O–H groups in total. The zero-order valence-electron chi connectivity index (χ0n) is 7.13. The molecule has 0 atom stereocenters. The monoisotopic (exact) mass is 179 g/mol. The van der Waals surface area contributed by atoms with Gasteiger partial charge < -0.3 is 15.6 Å². The van der Waals surface area contributed by atoms with Gasteiger partial charge in [0.25, 0.3) is 5.91 Å². The first-order chi connectivity index (χ1) is 6.22. The van der Waals surface area contributed by atoms with Crippen molar-refractivity contribution in [1.29, 1.82) is 0 Å². The van der Waals surface area contributed by atoms with Gasteiger partial charge in [0.2, 0.25) is 0 Å². The van der Waals surface area contributed by atoms with Crippen LogP contribution >= 0.6 is 0 Å². The summed E-state index contributed by atoms with van der Waals surface area (Å²) in [5.41, 5.74) is 4.91. The number of hydrogen-bond acceptors (Lipinski definition) is 3. The smallest absolute Gasteiger partial charge is 0.284 e. The number of ether oxygens (including phenoxy) is 1. The molecule has 0 aliphatic heterocycles. The van der Waals surface area contributed by atoms with Crippen molar-refractivity contribution in [2.24, 2.45) is 5.73 Å². The summed E-state index contributed by atoms with van der Waals surface area (Å²) in [5.74, 6) is 8.74. The van der Waals surface area contributed by atoms with Gasteiger partial charge in [-0.1, -0.05) is 11.8 Å². The predicted molar refractivity (Wildman–Crippen MR) is 46.9 cm³/mol. The zero-order valence-corrected chi connectivity index (χ0v) is 7.13. The van der Waals surface area contributed by atoms with Gasteiger partial charge in [0.05, 0.1) is 7.11 Å². The van der Waals surface area contributed by atoms with Crippen LogP contribution in [0, 0.1) is 23.7 Å². The van der Waals surface area contributed by atoms with Crippen molar-refractivity contribution in [2.75, 3.05) is 13.7 Å². The summed E-state index contributed by atoms with van der Waals surface area (Å²) >= 11 is 0. The molecule has 0 fully saturated rings. The van der Waals surface area contributed by atoms with Crippen molar-refractivity contribution in [3.63, 3.8) is 0 Å². The summed E-state index contributed by atoms with van der Waals surface area (Å²) in [6.45, 7) is -0.245.